The molecule has 0 N–H and O–H groups in total. The first-order valence-electron chi connectivity index (χ1n) is 1.54. The Hall–Kier alpha value is -0.190. The third-order valence-corrected chi connectivity index (χ3v) is 1.11. The van der Waals surface area contributed by atoms with Crippen LogP contribution in [0.3, 0.4) is 0 Å². The quantitative estimate of drug-likeness (QED) is 0.332. The van der Waals surface area contributed by atoms with Crippen LogP contribution in [-0.4, -0.2) is 6.17 Å². The van der Waals surface area contributed by atoms with Crippen molar-refractivity contribution in [1.29, 1.82) is 0 Å². The first kappa shape index (κ1) is 12.5. The molecule has 0 aromatic carbocycles. The molecule has 0 saturated heterocycles. The van der Waals surface area contributed by atoms with Crippen molar-refractivity contribution in [3.8, 4) is 0 Å². The van der Waals surface area contributed by atoms with E-state index in [4.69, 9.17) is 0 Å². The maximum absolute atomic E-state index is 10.6. The summed E-state index contributed by atoms with van der Waals surface area (Å²) in [6.07, 6.45) is -5.50. The number of rotatable bonds is 1. The summed E-state index contributed by atoms with van der Waals surface area (Å²) in [5.41, 5.74) is 0. The first-order chi connectivity index (χ1) is 3.43. The molecule has 0 fully saturated rings. The van der Waals surface area contributed by atoms with Crippen molar-refractivity contribution in [2.75, 3.05) is 0 Å². The van der Waals surface area contributed by atoms with Gasteiger partial charge in [0.2, 0.25) is 0 Å². The first-order valence-corrected chi connectivity index (χ1v) is 3.75. The molecule has 0 unspecified atom stereocenters. The third-order valence-electron chi connectivity index (χ3n) is 0.369. The fourth-order valence-electron chi connectivity index (χ4n) is 0. The summed E-state index contributed by atoms with van der Waals surface area (Å²) >= 11 is 0. The second-order valence-electron chi connectivity index (χ2n) is 1.40. The van der Waals surface area contributed by atoms with E-state index in [1.165, 1.54) is 0 Å². The van der Waals surface area contributed by atoms with Crippen LogP contribution >= 0.6 is 7.50 Å². The maximum atomic E-state index is 10.6. The Labute approximate surface area is 52.1 Å². The second-order valence-corrected chi connectivity index (χ2v) is 4.05. The summed E-state index contributed by atoms with van der Waals surface area (Å²) in [5.74, 6) is 0. The molecule has 0 atom stereocenters. The van der Waals surface area contributed by atoms with Crippen molar-refractivity contribution in [2.45, 2.75) is 6.17 Å². The predicted octanol–water partition coefficient (Wildman–Crippen LogP) is 4.17. The normalized spacial score (nSPS) is 19.2. The van der Waals surface area contributed by atoms with E-state index in [0.717, 1.165) is 0 Å². The van der Waals surface area contributed by atoms with Gasteiger partial charge in [0.25, 0.3) is 0 Å². The van der Waals surface area contributed by atoms with E-state index in [0.29, 0.717) is 0 Å². The molecule has 0 aliphatic rings. The smallest absolute Gasteiger partial charge is 0.0467 e. The zero-order valence-electron chi connectivity index (χ0n) is 4.67. The van der Waals surface area contributed by atoms with Gasteiger partial charge in [-0.1, -0.05) is 0 Å². The average molecular weight is 192 g/mol. The van der Waals surface area contributed by atoms with Gasteiger partial charge in [0.15, 0.2) is 0 Å². The van der Waals surface area contributed by atoms with E-state index >= 15 is 0 Å². The van der Waals surface area contributed by atoms with Gasteiger partial charge < -0.3 is 0 Å². The van der Waals surface area contributed by atoms with Gasteiger partial charge in [-0.15, -0.1) is 0 Å². The van der Waals surface area contributed by atoms with E-state index in [-0.39, 0.29) is 7.43 Å². The Bertz CT molecular complexity index is 115. The van der Waals surface area contributed by atoms with Crippen LogP contribution in [0.1, 0.15) is 0 Å². The monoisotopic (exact) mass is 192 g/mol. The molecule has 0 aliphatic heterocycles. The molecule has 0 aromatic rings. The molecule has 0 nitrogen and oxygen atoms in total. The van der Waals surface area contributed by atoms with Crippen LogP contribution < -0.4 is 0 Å². The summed E-state index contributed by atoms with van der Waals surface area (Å²) in [4.78, 5) is 0. The molecule has 0 saturated carbocycles. The Balaban J connectivity index is 0. The zero-order chi connectivity index (χ0) is 7.99. The molecule has 0 aliphatic carbocycles. The summed E-state index contributed by atoms with van der Waals surface area (Å²) < 4.78 is 74.0. The van der Waals surface area contributed by atoms with Gasteiger partial charge in [0.05, 0.1) is 0 Å². The third kappa shape index (κ3) is 3.76. The summed E-state index contributed by atoms with van der Waals surface area (Å²) in [5, 5.41) is 0. The number of hydrogen-bond acceptors (Lipinski definition) is 0. The number of halogens is 7. The molecule has 8 heteroatoms. The van der Waals surface area contributed by atoms with Gasteiger partial charge in [0.1, 0.15) is 0 Å². The Morgan fingerprint density at radius 1 is 0.800 bits per heavy atom. The fraction of sp³-hybridized carbons (Fsp3) is 0.500. The van der Waals surface area contributed by atoms with Crippen LogP contribution in [0.2, 0.25) is 0 Å². The zero-order valence-corrected chi connectivity index (χ0v) is 5.56. The van der Waals surface area contributed by atoms with Crippen molar-refractivity contribution in [1.82, 2.24) is 0 Å². The molecule has 0 amide bonds. The van der Waals surface area contributed by atoms with Crippen molar-refractivity contribution >= 4 is 7.50 Å². The minimum atomic E-state index is -10.6. The standard InChI is InChI=1S/CHF7P.CH3/c2-1(3)9(4,5,6,7)8;/h1H;1H3/q-1;+1. The summed E-state index contributed by atoms with van der Waals surface area (Å²) in [6.45, 7) is 0. The predicted molar refractivity (Wildman–Crippen MR) is 24.9 cm³/mol. The molecule has 66 valence electrons. The van der Waals surface area contributed by atoms with E-state index < -0.39 is 13.7 Å². The Morgan fingerprint density at radius 2 is 0.900 bits per heavy atom. The van der Waals surface area contributed by atoms with Crippen LogP contribution in [0.5, 0.6) is 0 Å². The molecule has 0 rings (SSSR count). The van der Waals surface area contributed by atoms with Gasteiger partial charge in [-0.05, 0) is 0 Å². The number of alkyl halides is 2. The Morgan fingerprint density at radius 3 is 0.900 bits per heavy atom. The second kappa shape index (κ2) is 1.69. The molecule has 0 heterocycles. The van der Waals surface area contributed by atoms with Gasteiger partial charge >= 0.3 is 43.4 Å². The largest absolute Gasteiger partial charge is 0.0467 e. The average Bonchev–Trinajstić information content (AvgIpc) is 1.24. The van der Waals surface area contributed by atoms with E-state index in [9.17, 15) is 29.8 Å². The van der Waals surface area contributed by atoms with Crippen LogP contribution in [0.15, 0.2) is 0 Å². The molecule has 0 aromatic heterocycles. The summed E-state index contributed by atoms with van der Waals surface area (Å²) in [7, 11) is -10.6. The van der Waals surface area contributed by atoms with Crippen LogP contribution in [0.25, 0.3) is 0 Å². The molecule has 10 heavy (non-hydrogen) atoms. The van der Waals surface area contributed by atoms with Crippen molar-refractivity contribution in [2.24, 2.45) is 0 Å². The Kier molecular flexibility index (Phi) is 2.11. The minimum Gasteiger partial charge on any atom is 0.0467 e. The molecule has 0 spiro atoms. The van der Waals surface area contributed by atoms with Crippen LogP contribution in [-0.2, 0) is 0 Å². The molecular weight excluding hydrogens is 188 g/mol. The van der Waals surface area contributed by atoms with Gasteiger partial charge in [-0.25, -0.2) is 0 Å². The van der Waals surface area contributed by atoms with Gasteiger partial charge in [-0.3, -0.25) is 0 Å². The van der Waals surface area contributed by atoms with Crippen LogP contribution in [0, 0.1) is 7.43 Å². The minimum absolute atomic E-state index is 0. The van der Waals surface area contributed by atoms with Gasteiger partial charge in [-0.2, -0.15) is 0 Å². The van der Waals surface area contributed by atoms with Crippen molar-refractivity contribution in [3.63, 3.8) is 0 Å². The van der Waals surface area contributed by atoms with Gasteiger partial charge in [0, 0.05) is 7.43 Å². The molecule has 0 radical (unpaired) electrons. The SMILES string of the molecule is FC(F)[P-](F)(F)(F)(F)F.[CH3+]. The van der Waals surface area contributed by atoms with E-state index in [2.05, 4.69) is 0 Å². The fourth-order valence-corrected chi connectivity index (χ4v) is 0. The van der Waals surface area contributed by atoms with E-state index in [1.807, 2.05) is 0 Å². The maximum Gasteiger partial charge on any atom is 0.0467 e. The van der Waals surface area contributed by atoms with E-state index in [1.54, 1.807) is 0 Å². The molecular formula is C2H4F7P. The van der Waals surface area contributed by atoms with Crippen molar-refractivity contribution < 1.29 is 29.8 Å². The van der Waals surface area contributed by atoms with Crippen molar-refractivity contribution in [3.05, 3.63) is 7.43 Å². The number of hydrogen-bond donors (Lipinski definition) is 0. The summed E-state index contributed by atoms with van der Waals surface area (Å²) in [6, 6.07) is 0. The van der Waals surface area contributed by atoms with Crippen LogP contribution in [0.4, 0.5) is 29.8 Å². The topological polar surface area (TPSA) is 0 Å². The molecule has 0 bridgehead atoms.